The van der Waals surface area contributed by atoms with E-state index in [1.807, 2.05) is 6.20 Å². The SMILES string of the molecule is C1=CCC2[N]C=NC=C2C1. The predicted octanol–water partition coefficient (Wildman–Crippen LogP) is 1.24. The molecule has 0 N–H and O–H groups in total. The molecule has 1 atom stereocenters. The Bertz CT molecular complexity index is 213. The first kappa shape index (κ1) is 5.71. The molecule has 51 valence electrons. The molecule has 1 aliphatic carbocycles. The molecule has 1 radical (unpaired) electrons. The zero-order valence-corrected chi connectivity index (χ0v) is 5.70. The molecule has 0 saturated carbocycles. The standard InChI is InChI=1S/C8H9N2/c1-2-4-8-7(3-1)5-9-6-10-8/h1-2,5-6,8H,3-4H2. The van der Waals surface area contributed by atoms with E-state index in [0.717, 1.165) is 12.8 Å². The molecule has 1 aliphatic heterocycles. The van der Waals surface area contributed by atoms with E-state index in [-0.39, 0.29) is 0 Å². The van der Waals surface area contributed by atoms with Crippen molar-refractivity contribution in [2.75, 3.05) is 0 Å². The molecule has 0 saturated heterocycles. The molecule has 1 heterocycles. The Balaban J connectivity index is 2.23. The average molecular weight is 133 g/mol. The van der Waals surface area contributed by atoms with Crippen LogP contribution in [0.2, 0.25) is 0 Å². The molecule has 0 fully saturated rings. The van der Waals surface area contributed by atoms with Crippen molar-refractivity contribution in [3.63, 3.8) is 0 Å². The number of nitrogens with zero attached hydrogens (tertiary/aromatic N) is 2. The van der Waals surface area contributed by atoms with E-state index in [0.29, 0.717) is 6.04 Å². The average Bonchev–Trinajstić information content (AvgIpc) is 2.05. The predicted molar refractivity (Wildman–Crippen MR) is 40.9 cm³/mol. The van der Waals surface area contributed by atoms with Gasteiger partial charge in [0.05, 0.1) is 6.04 Å². The van der Waals surface area contributed by atoms with Crippen molar-refractivity contribution in [2.45, 2.75) is 18.9 Å². The molecule has 0 aromatic carbocycles. The van der Waals surface area contributed by atoms with Crippen LogP contribution >= 0.6 is 0 Å². The summed E-state index contributed by atoms with van der Waals surface area (Å²) < 4.78 is 0. The number of hydrogen-bond donors (Lipinski definition) is 0. The molecule has 0 aromatic heterocycles. The van der Waals surface area contributed by atoms with Gasteiger partial charge in [0.1, 0.15) is 6.34 Å². The van der Waals surface area contributed by atoms with Gasteiger partial charge in [0, 0.05) is 6.20 Å². The first-order valence-electron chi connectivity index (χ1n) is 3.52. The van der Waals surface area contributed by atoms with E-state index >= 15 is 0 Å². The minimum atomic E-state index is 0.405. The first-order chi connectivity index (χ1) is 4.97. The highest BCUT2D eigenvalue weighted by Gasteiger charge is 2.16. The maximum Gasteiger partial charge on any atom is 0.110 e. The molecule has 0 spiro atoms. The van der Waals surface area contributed by atoms with Crippen LogP contribution < -0.4 is 5.32 Å². The molecule has 1 unspecified atom stereocenters. The number of aliphatic imine (C=N–C) groups is 1. The summed E-state index contributed by atoms with van der Waals surface area (Å²) in [6.45, 7) is 0. The minimum absolute atomic E-state index is 0.405. The van der Waals surface area contributed by atoms with Crippen molar-refractivity contribution >= 4 is 6.34 Å². The van der Waals surface area contributed by atoms with Crippen LogP contribution in [0.15, 0.2) is 28.9 Å². The fourth-order valence-electron chi connectivity index (χ4n) is 1.28. The van der Waals surface area contributed by atoms with E-state index in [1.54, 1.807) is 6.34 Å². The van der Waals surface area contributed by atoms with Gasteiger partial charge < -0.3 is 0 Å². The molecule has 2 heteroatoms. The molecule has 0 aromatic rings. The van der Waals surface area contributed by atoms with Gasteiger partial charge in [0.2, 0.25) is 0 Å². The maximum absolute atomic E-state index is 4.24. The van der Waals surface area contributed by atoms with E-state index in [1.165, 1.54) is 5.57 Å². The van der Waals surface area contributed by atoms with Gasteiger partial charge in [-0.1, -0.05) is 12.2 Å². The van der Waals surface area contributed by atoms with Crippen LogP contribution in [0.25, 0.3) is 0 Å². The Morgan fingerprint density at radius 3 is 3.30 bits per heavy atom. The summed E-state index contributed by atoms with van der Waals surface area (Å²) in [5.41, 5.74) is 1.35. The molecule has 2 nitrogen and oxygen atoms in total. The number of allylic oxidation sites excluding steroid dienone is 1. The van der Waals surface area contributed by atoms with Crippen molar-refractivity contribution in [3.8, 4) is 0 Å². The highest BCUT2D eigenvalue weighted by Crippen LogP contribution is 2.19. The van der Waals surface area contributed by atoms with Crippen molar-refractivity contribution in [2.24, 2.45) is 4.99 Å². The molecule has 2 rings (SSSR count). The van der Waals surface area contributed by atoms with E-state index in [4.69, 9.17) is 0 Å². The monoisotopic (exact) mass is 133 g/mol. The lowest BCUT2D eigenvalue weighted by Crippen LogP contribution is -2.26. The van der Waals surface area contributed by atoms with E-state index in [9.17, 15) is 0 Å². The number of fused-ring (bicyclic) bond motifs is 1. The Kier molecular flexibility index (Phi) is 1.31. The van der Waals surface area contributed by atoms with E-state index < -0.39 is 0 Å². The molecule has 0 amide bonds. The second-order valence-corrected chi connectivity index (χ2v) is 2.54. The highest BCUT2D eigenvalue weighted by molar-refractivity contribution is 5.58. The highest BCUT2D eigenvalue weighted by atomic mass is 15.0. The zero-order valence-electron chi connectivity index (χ0n) is 5.70. The number of hydrogen-bond acceptors (Lipinski definition) is 1. The second-order valence-electron chi connectivity index (χ2n) is 2.54. The summed E-state index contributed by atoms with van der Waals surface area (Å²) in [5.74, 6) is 0. The lowest BCUT2D eigenvalue weighted by Gasteiger charge is -2.20. The van der Waals surface area contributed by atoms with Gasteiger partial charge in [-0.25, -0.2) is 4.99 Å². The summed E-state index contributed by atoms with van der Waals surface area (Å²) in [6, 6.07) is 0.405. The van der Waals surface area contributed by atoms with Crippen LogP contribution in [-0.2, 0) is 0 Å². The largest absolute Gasteiger partial charge is 0.265 e. The number of rotatable bonds is 0. The zero-order chi connectivity index (χ0) is 6.81. The van der Waals surface area contributed by atoms with Gasteiger partial charge >= 0.3 is 0 Å². The molecular weight excluding hydrogens is 124 g/mol. The fourth-order valence-corrected chi connectivity index (χ4v) is 1.28. The van der Waals surface area contributed by atoms with Crippen LogP contribution in [0.1, 0.15) is 12.8 Å². The first-order valence-corrected chi connectivity index (χ1v) is 3.52. The Morgan fingerprint density at radius 1 is 1.40 bits per heavy atom. The van der Waals surface area contributed by atoms with Crippen LogP contribution in [0.4, 0.5) is 0 Å². The molecule has 0 bridgehead atoms. The van der Waals surface area contributed by atoms with Crippen LogP contribution in [0, 0.1) is 0 Å². The lowest BCUT2D eigenvalue weighted by molar-refractivity contribution is 0.656. The van der Waals surface area contributed by atoms with Crippen molar-refractivity contribution in [3.05, 3.63) is 23.9 Å². The maximum atomic E-state index is 4.24. The van der Waals surface area contributed by atoms with Crippen LogP contribution in [-0.4, -0.2) is 12.4 Å². The third-order valence-electron chi connectivity index (χ3n) is 1.86. The third-order valence-corrected chi connectivity index (χ3v) is 1.86. The van der Waals surface area contributed by atoms with Gasteiger partial charge in [-0.15, -0.1) is 0 Å². The summed E-state index contributed by atoms with van der Waals surface area (Å²) >= 11 is 0. The fraction of sp³-hybridized carbons (Fsp3) is 0.375. The Morgan fingerprint density at radius 2 is 2.40 bits per heavy atom. The summed E-state index contributed by atoms with van der Waals surface area (Å²) in [7, 11) is 0. The minimum Gasteiger partial charge on any atom is -0.265 e. The molecule has 10 heavy (non-hydrogen) atoms. The third kappa shape index (κ3) is 0.856. The van der Waals surface area contributed by atoms with Crippen LogP contribution in [0.5, 0.6) is 0 Å². The smallest absolute Gasteiger partial charge is 0.110 e. The van der Waals surface area contributed by atoms with Crippen LogP contribution in [0.3, 0.4) is 0 Å². The van der Waals surface area contributed by atoms with Gasteiger partial charge in [0.25, 0.3) is 0 Å². The van der Waals surface area contributed by atoms with E-state index in [2.05, 4.69) is 22.5 Å². The second kappa shape index (κ2) is 2.29. The van der Waals surface area contributed by atoms with Crippen molar-refractivity contribution in [1.82, 2.24) is 5.32 Å². The molecule has 2 aliphatic rings. The Hall–Kier alpha value is -1.05. The van der Waals surface area contributed by atoms with Crippen molar-refractivity contribution < 1.29 is 0 Å². The van der Waals surface area contributed by atoms with Gasteiger partial charge in [-0.3, -0.25) is 5.32 Å². The summed E-state index contributed by atoms with van der Waals surface area (Å²) in [6.07, 6.45) is 10.0. The van der Waals surface area contributed by atoms with Gasteiger partial charge in [0.15, 0.2) is 0 Å². The van der Waals surface area contributed by atoms with Crippen molar-refractivity contribution in [1.29, 1.82) is 0 Å². The quantitative estimate of drug-likeness (QED) is 0.444. The summed E-state index contributed by atoms with van der Waals surface area (Å²) in [4.78, 5) is 3.97. The normalized spacial score (nSPS) is 28.8. The van der Waals surface area contributed by atoms with Gasteiger partial charge in [-0.05, 0) is 18.4 Å². The Labute approximate surface area is 60.3 Å². The topological polar surface area (TPSA) is 26.5 Å². The lowest BCUT2D eigenvalue weighted by atomic mass is 9.96. The van der Waals surface area contributed by atoms with Gasteiger partial charge in [-0.2, -0.15) is 0 Å². The summed E-state index contributed by atoms with van der Waals surface area (Å²) in [5, 5.41) is 4.24. The molecular formula is C8H9N2.